The van der Waals surface area contributed by atoms with E-state index in [0.29, 0.717) is 12.8 Å². The number of aliphatic hydroxyl groups excluding tert-OH is 3. The fraction of sp³-hybridized carbons (Fsp3) is 0.576. The highest BCUT2D eigenvalue weighted by Crippen LogP contribution is 2.55. The summed E-state index contributed by atoms with van der Waals surface area (Å²) in [7, 11) is 0. The molecular formula is C33H44O14. The minimum Gasteiger partial charge on any atom is -0.479 e. The van der Waals surface area contributed by atoms with Gasteiger partial charge in [0.15, 0.2) is 6.10 Å². The van der Waals surface area contributed by atoms with Crippen LogP contribution in [0.2, 0.25) is 0 Å². The van der Waals surface area contributed by atoms with Crippen molar-refractivity contribution < 1.29 is 69.1 Å². The second kappa shape index (κ2) is 14.6. The minimum absolute atomic E-state index is 0.143. The van der Waals surface area contributed by atoms with Crippen LogP contribution in [0.3, 0.4) is 0 Å². The SMILES string of the molecule is C=C(CC[C@]12O[C@H](C(=O)O)[C@@](O)(C(=O)O)[C@](C(=O)O)(O1)[C@H](OC(=O)/C=C/[C@@H](C)C[C@@H](C)[C@H](C)O)[C@H]2O)[C@@H](O)[C@H](C)Cc1ccccc1. The number of allylic oxidation sites excluding steroid dienone is 1. The van der Waals surface area contributed by atoms with Gasteiger partial charge in [0.05, 0.1) is 12.2 Å². The summed E-state index contributed by atoms with van der Waals surface area (Å²) >= 11 is 0. The van der Waals surface area contributed by atoms with Crippen LogP contribution in [0, 0.1) is 17.8 Å². The average Bonchev–Trinajstić information content (AvgIpc) is 3.22. The van der Waals surface area contributed by atoms with Gasteiger partial charge in [-0.1, -0.05) is 63.8 Å². The molecule has 2 fully saturated rings. The number of carboxylic acids is 3. The molecule has 7 N–H and O–H groups in total. The summed E-state index contributed by atoms with van der Waals surface area (Å²) in [5.41, 5.74) is -6.35. The van der Waals surface area contributed by atoms with Crippen molar-refractivity contribution in [3.05, 3.63) is 60.2 Å². The molecule has 0 amide bonds. The maximum atomic E-state index is 13.0. The standard InChI is InChI=1S/C33H44O14/c1-17(15-19(3)21(5)34)11-12-23(35)45-26-25(37)31(14-13-18(2)24(36)20(4)16-22-9-7-6-8-10-22)46-27(28(38)39)32(44,29(40)41)33(26,47-31)30(42)43/h6-12,17,19-21,24-27,34,36-37,44H,2,13-16H2,1,3-5H3,(H,38,39)(H,40,41)(H,42,43)/b12-11+/t17-,19-,20-,21+,24-,25-,26-,27-,31+,32-,33+/m1/s1. The number of aliphatic carboxylic acids is 3. The molecule has 3 rings (SSSR count). The summed E-state index contributed by atoms with van der Waals surface area (Å²) < 4.78 is 16.3. The van der Waals surface area contributed by atoms with E-state index in [1.165, 1.54) is 6.08 Å². The molecule has 0 spiro atoms. The molecule has 2 heterocycles. The Labute approximate surface area is 271 Å². The molecule has 14 heteroatoms. The average molecular weight is 665 g/mol. The number of hydrogen-bond donors (Lipinski definition) is 7. The molecule has 47 heavy (non-hydrogen) atoms. The number of carboxylic acid groups (broad SMARTS) is 3. The Balaban J connectivity index is 1.96. The van der Waals surface area contributed by atoms with E-state index in [2.05, 4.69) is 6.58 Å². The molecule has 2 saturated heterocycles. The number of fused-ring (bicyclic) bond motifs is 2. The van der Waals surface area contributed by atoms with Gasteiger partial charge in [-0.3, -0.25) is 0 Å². The third-order valence-corrected chi connectivity index (χ3v) is 9.13. The summed E-state index contributed by atoms with van der Waals surface area (Å²) in [5, 5.41) is 73.8. The molecule has 11 atom stereocenters. The number of rotatable bonds is 16. The van der Waals surface area contributed by atoms with Crippen molar-refractivity contribution in [2.24, 2.45) is 17.8 Å². The lowest BCUT2D eigenvalue weighted by atomic mass is 9.74. The largest absolute Gasteiger partial charge is 0.479 e. The number of aliphatic hydroxyl groups is 4. The van der Waals surface area contributed by atoms with Crippen molar-refractivity contribution >= 4 is 23.9 Å². The lowest BCUT2D eigenvalue weighted by molar-refractivity contribution is -0.374. The molecule has 0 radical (unpaired) electrons. The van der Waals surface area contributed by atoms with Crippen LogP contribution < -0.4 is 0 Å². The third kappa shape index (κ3) is 7.27. The van der Waals surface area contributed by atoms with E-state index >= 15 is 0 Å². The van der Waals surface area contributed by atoms with Gasteiger partial charge in [-0.25, -0.2) is 19.2 Å². The van der Waals surface area contributed by atoms with Crippen LogP contribution in [0.1, 0.15) is 52.5 Å². The zero-order valence-corrected chi connectivity index (χ0v) is 26.7. The maximum Gasteiger partial charge on any atom is 0.344 e. The number of esters is 1. The number of benzene rings is 1. The zero-order chi connectivity index (χ0) is 35.5. The van der Waals surface area contributed by atoms with E-state index in [-0.39, 0.29) is 29.7 Å². The zero-order valence-electron chi connectivity index (χ0n) is 26.7. The molecular weight excluding hydrogens is 620 g/mol. The van der Waals surface area contributed by atoms with Gasteiger partial charge in [-0.2, -0.15) is 0 Å². The van der Waals surface area contributed by atoms with Crippen LogP contribution in [0.5, 0.6) is 0 Å². The topological polar surface area (TPSA) is 238 Å². The molecule has 0 aromatic heterocycles. The Kier molecular flexibility index (Phi) is 11.8. The van der Waals surface area contributed by atoms with Crippen molar-refractivity contribution in [3.63, 3.8) is 0 Å². The van der Waals surface area contributed by atoms with Gasteiger partial charge in [0.1, 0.15) is 6.10 Å². The van der Waals surface area contributed by atoms with Crippen LogP contribution in [0.4, 0.5) is 0 Å². The first kappa shape index (κ1) is 37.8. The molecule has 0 saturated carbocycles. The van der Waals surface area contributed by atoms with Gasteiger partial charge in [-0.05, 0) is 55.1 Å². The fourth-order valence-corrected chi connectivity index (χ4v) is 6.20. The van der Waals surface area contributed by atoms with Gasteiger partial charge in [0.25, 0.3) is 0 Å². The second-order valence-electron chi connectivity index (χ2n) is 12.7. The fourth-order valence-electron chi connectivity index (χ4n) is 6.20. The Hall–Kier alpha value is -3.66. The van der Waals surface area contributed by atoms with E-state index < -0.39 is 77.8 Å². The third-order valence-electron chi connectivity index (χ3n) is 9.13. The molecule has 260 valence electrons. The monoisotopic (exact) mass is 664 g/mol. The molecule has 2 aliphatic heterocycles. The predicted molar refractivity (Wildman–Crippen MR) is 163 cm³/mol. The van der Waals surface area contributed by atoms with Gasteiger partial charge in [0.2, 0.25) is 23.1 Å². The lowest BCUT2D eigenvalue weighted by Crippen LogP contribution is -2.78. The van der Waals surface area contributed by atoms with Gasteiger partial charge >= 0.3 is 23.9 Å². The summed E-state index contributed by atoms with van der Waals surface area (Å²) in [6.45, 7) is 10.8. The number of carbonyl (C=O) groups excluding carboxylic acids is 1. The Morgan fingerprint density at radius 1 is 1.00 bits per heavy atom. The van der Waals surface area contributed by atoms with Crippen LogP contribution in [0.25, 0.3) is 0 Å². The van der Waals surface area contributed by atoms with Gasteiger partial charge in [-0.15, -0.1) is 0 Å². The molecule has 2 aliphatic rings. The van der Waals surface area contributed by atoms with Crippen LogP contribution >= 0.6 is 0 Å². The van der Waals surface area contributed by atoms with Crippen molar-refractivity contribution in [3.8, 4) is 0 Å². The van der Waals surface area contributed by atoms with Gasteiger partial charge in [0, 0.05) is 12.5 Å². The van der Waals surface area contributed by atoms with Crippen LogP contribution in [-0.4, -0.2) is 107 Å². The summed E-state index contributed by atoms with van der Waals surface area (Å²) in [6, 6.07) is 9.26. The first-order valence-electron chi connectivity index (χ1n) is 15.3. The quantitative estimate of drug-likeness (QED) is 0.0749. The molecule has 2 bridgehead atoms. The Morgan fingerprint density at radius 3 is 2.15 bits per heavy atom. The highest BCUT2D eigenvalue weighted by Gasteiger charge is 2.85. The minimum atomic E-state index is -3.90. The summed E-state index contributed by atoms with van der Waals surface area (Å²) in [5.74, 6) is -11.4. The van der Waals surface area contributed by atoms with E-state index in [1.54, 1.807) is 27.7 Å². The molecule has 1 aromatic carbocycles. The van der Waals surface area contributed by atoms with Crippen molar-refractivity contribution in [2.45, 2.75) is 101 Å². The number of hydrogen-bond acceptors (Lipinski definition) is 11. The van der Waals surface area contributed by atoms with E-state index in [4.69, 9.17) is 14.2 Å². The molecule has 0 aliphatic carbocycles. The Bertz CT molecular complexity index is 1360. The van der Waals surface area contributed by atoms with E-state index in [0.717, 1.165) is 11.6 Å². The van der Waals surface area contributed by atoms with Crippen molar-refractivity contribution in [1.82, 2.24) is 0 Å². The Morgan fingerprint density at radius 2 is 1.62 bits per heavy atom. The second-order valence-corrected chi connectivity index (χ2v) is 12.7. The van der Waals surface area contributed by atoms with Crippen LogP contribution in [-0.2, 0) is 39.8 Å². The molecule has 0 unspecified atom stereocenters. The molecule has 14 nitrogen and oxygen atoms in total. The van der Waals surface area contributed by atoms with E-state index in [9.17, 15) is 54.9 Å². The van der Waals surface area contributed by atoms with Gasteiger partial charge < -0.3 is 50.0 Å². The van der Waals surface area contributed by atoms with Crippen LogP contribution in [0.15, 0.2) is 54.6 Å². The van der Waals surface area contributed by atoms with E-state index in [1.807, 2.05) is 30.3 Å². The van der Waals surface area contributed by atoms with Crippen molar-refractivity contribution in [2.75, 3.05) is 0 Å². The smallest absolute Gasteiger partial charge is 0.344 e. The predicted octanol–water partition coefficient (Wildman–Crippen LogP) is 1.28. The lowest BCUT2D eigenvalue weighted by Gasteiger charge is -2.48. The maximum absolute atomic E-state index is 13.0. The normalized spacial score (nSPS) is 31.8. The first-order valence-corrected chi connectivity index (χ1v) is 15.3. The number of carbonyl (C=O) groups is 4. The summed E-state index contributed by atoms with van der Waals surface area (Å²) in [4.78, 5) is 50.5. The summed E-state index contributed by atoms with van der Waals surface area (Å²) in [6.07, 6.45) is -7.00. The molecule has 1 aromatic rings. The first-order chi connectivity index (χ1) is 21.8. The van der Waals surface area contributed by atoms with Crippen molar-refractivity contribution in [1.29, 1.82) is 0 Å². The highest BCUT2D eigenvalue weighted by atomic mass is 16.8. The highest BCUT2D eigenvalue weighted by molar-refractivity contribution is 5.98. The number of ether oxygens (including phenoxy) is 3.